The van der Waals surface area contributed by atoms with Gasteiger partial charge in [0.05, 0.1) is 23.6 Å². The van der Waals surface area contributed by atoms with Crippen molar-refractivity contribution in [1.29, 1.82) is 0 Å². The van der Waals surface area contributed by atoms with Crippen molar-refractivity contribution in [3.63, 3.8) is 0 Å². The smallest absolute Gasteiger partial charge is 0.0736 e. The van der Waals surface area contributed by atoms with Crippen LogP contribution in [0.15, 0.2) is 48.9 Å². The molecule has 2 aromatic heterocycles. The summed E-state index contributed by atoms with van der Waals surface area (Å²) in [6.45, 7) is 2.12. The second-order valence-electron chi connectivity index (χ2n) is 4.62. The van der Waals surface area contributed by atoms with Gasteiger partial charge in [0.2, 0.25) is 0 Å². The number of nitrogens with one attached hydrogen (secondary N) is 2. The first-order valence-electron chi connectivity index (χ1n) is 6.28. The van der Waals surface area contributed by atoms with Crippen molar-refractivity contribution in [2.24, 2.45) is 0 Å². The molecule has 0 amide bonds. The molecule has 6 heteroatoms. The Morgan fingerprint density at radius 2 is 1.95 bits per heavy atom. The van der Waals surface area contributed by atoms with Crippen LogP contribution in [0, 0.1) is 0 Å². The molecular formula is C15H18Cl2N4. The molecule has 1 aromatic carbocycles. The lowest BCUT2D eigenvalue weighted by molar-refractivity contribution is 0.894. The number of aromatic nitrogens is 2. The fraction of sp³-hybridized carbons (Fsp3) is 0.133. The molecular weight excluding hydrogens is 307 g/mol. The number of nitrogens with two attached hydrogens (primary N) is 1. The van der Waals surface area contributed by atoms with Gasteiger partial charge in [-0.25, -0.2) is 0 Å². The normalized spacial score (nSPS) is 11.3. The topological polar surface area (TPSA) is 66.7 Å². The quantitative estimate of drug-likeness (QED) is 0.677. The van der Waals surface area contributed by atoms with Gasteiger partial charge in [0.25, 0.3) is 0 Å². The highest BCUT2D eigenvalue weighted by Crippen LogP contribution is 2.28. The number of nitrogens with zero attached hydrogens (tertiary/aromatic N) is 1. The largest absolute Gasteiger partial charge is 0.396 e. The van der Waals surface area contributed by atoms with E-state index >= 15 is 0 Å². The van der Waals surface area contributed by atoms with E-state index in [0.29, 0.717) is 5.69 Å². The van der Waals surface area contributed by atoms with Gasteiger partial charge in [0.15, 0.2) is 0 Å². The zero-order valence-electron chi connectivity index (χ0n) is 11.5. The molecule has 0 aliphatic rings. The monoisotopic (exact) mass is 324 g/mol. The summed E-state index contributed by atoms with van der Waals surface area (Å²) >= 11 is 0. The summed E-state index contributed by atoms with van der Waals surface area (Å²) in [4.78, 5) is 7.28. The number of rotatable bonds is 3. The number of benzene rings is 1. The summed E-state index contributed by atoms with van der Waals surface area (Å²) in [5.41, 5.74) is 9.85. The predicted molar refractivity (Wildman–Crippen MR) is 93.5 cm³/mol. The molecule has 4 N–H and O–H groups in total. The standard InChI is InChI=1S/C15H16N4.2ClH/c1-10(19-15-6-7-17-9-13(15)16)12-8-18-14-5-3-2-4-11(12)14;;/h2-10,18H,16H2,1H3,(H,17,19);2*1H. The van der Waals surface area contributed by atoms with Crippen LogP contribution in [0.1, 0.15) is 18.5 Å². The van der Waals surface area contributed by atoms with Crippen LogP contribution in [0.25, 0.3) is 10.9 Å². The van der Waals surface area contributed by atoms with E-state index in [0.717, 1.165) is 11.2 Å². The fourth-order valence-corrected chi connectivity index (χ4v) is 2.30. The maximum absolute atomic E-state index is 5.90. The van der Waals surface area contributed by atoms with Crippen molar-refractivity contribution in [3.8, 4) is 0 Å². The van der Waals surface area contributed by atoms with Crippen LogP contribution in [0.2, 0.25) is 0 Å². The van der Waals surface area contributed by atoms with E-state index in [1.54, 1.807) is 12.4 Å². The van der Waals surface area contributed by atoms with E-state index in [4.69, 9.17) is 5.73 Å². The molecule has 1 unspecified atom stereocenters. The van der Waals surface area contributed by atoms with E-state index in [-0.39, 0.29) is 30.9 Å². The predicted octanol–water partition coefficient (Wildman–Crippen LogP) is 4.16. The highest BCUT2D eigenvalue weighted by molar-refractivity contribution is 5.86. The Morgan fingerprint density at radius 3 is 2.71 bits per heavy atom. The molecule has 0 fully saturated rings. The molecule has 0 aliphatic carbocycles. The van der Waals surface area contributed by atoms with Gasteiger partial charge in [0.1, 0.15) is 0 Å². The number of nitrogen functional groups attached to an aromatic ring is 1. The molecule has 0 saturated heterocycles. The van der Waals surface area contributed by atoms with Crippen molar-refractivity contribution < 1.29 is 0 Å². The molecule has 112 valence electrons. The van der Waals surface area contributed by atoms with Gasteiger partial charge >= 0.3 is 0 Å². The van der Waals surface area contributed by atoms with Crippen molar-refractivity contribution >= 4 is 47.1 Å². The minimum Gasteiger partial charge on any atom is -0.396 e. The molecule has 0 spiro atoms. The average molecular weight is 325 g/mol. The average Bonchev–Trinajstić information content (AvgIpc) is 2.85. The second-order valence-corrected chi connectivity index (χ2v) is 4.62. The number of anilines is 2. The first-order valence-corrected chi connectivity index (χ1v) is 6.28. The van der Waals surface area contributed by atoms with Crippen LogP contribution >= 0.6 is 24.8 Å². The number of para-hydroxylation sites is 1. The molecule has 2 heterocycles. The van der Waals surface area contributed by atoms with Crippen LogP contribution < -0.4 is 11.1 Å². The van der Waals surface area contributed by atoms with E-state index in [2.05, 4.69) is 34.3 Å². The summed E-state index contributed by atoms with van der Waals surface area (Å²) in [5, 5.41) is 4.65. The van der Waals surface area contributed by atoms with Crippen molar-refractivity contribution in [3.05, 3.63) is 54.5 Å². The Balaban J connectivity index is 0.00000110. The molecule has 0 bridgehead atoms. The Hall–Kier alpha value is -1.91. The lowest BCUT2D eigenvalue weighted by Crippen LogP contribution is -2.08. The van der Waals surface area contributed by atoms with Gasteiger partial charge in [-0.1, -0.05) is 18.2 Å². The molecule has 0 aliphatic heterocycles. The van der Waals surface area contributed by atoms with Crippen molar-refractivity contribution in [2.75, 3.05) is 11.1 Å². The molecule has 1 atom stereocenters. The highest BCUT2D eigenvalue weighted by atomic mass is 35.5. The molecule has 4 nitrogen and oxygen atoms in total. The Morgan fingerprint density at radius 1 is 1.19 bits per heavy atom. The second kappa shape index (κ2) is 7.20. The Kier molecular flexibility index (Phi) is 5.88. The fourth-order valence-electron chi connectivity index (χ4n) is 2.30. The van der Waals surface area contributed by atoms with Gasteiger partial charge in [0, 0.05) is 23.3 Å². The highest BCUT2D eigenvalue weighted by Gasteiger charge is 2.11. The summed E-state index contributed by atoms with van der Waals surface area (Å²) in [6, 6.07) is 10.3. The number of aromatic amines is 1. The lowest BCUT2D eigenvalue weighted by Gasteiger charge is -2.16. The van der Waals surface area contributed by atoms with Gasteiger partial charge in [-0.15, -0.1) is 24.8 Å². The Bertz CT molecular complexity index is 711. The third kappa shape index (κ3) is 3.40. The van der Waals surface area contributed by atoms with E-state index in [9.17, 15) is 0 Å². The molecule has 0 radical (unpaired) electrons. The number of H-pyrrole nitrogens is 1. The Labute approximate surface area is 136 Å². The maximum Gasteiger partial charge on any atom is 0.0736 e. The number of hydrogen-bond acceptors (Lipinski definition) is 3. The van der Waals surface area contributed by atoms with E-state index < -0.39 is 0 Å². The van der Waals surface area contributed by atoms with Crippen LogP contribution in [-0.4, -0.2) is 9.97 Å². The van der Waals surface area contributed by atoms with Gasteiger partial charge in [-0.05, 0) is 24.6 Å². The SMILES string of the molecule is CC(Nc1ccncc1N)c1c[nH]c2ccccc12.Cl.Cl. The number of pyridine rings is 1. The number of halogens is 2. The molecule has 0 saturated carbocycles. The van der Waals surface area contributed by atoms with Gasteiger partial charge in [-0.2, -0.15) is 0 Å². The third-order valence-corrected chi connectivity index (χ3v) is 3.31. The summed E-state index contributed by atoms with van der Waals surface area (Å²) < 4.78 is 0. The van der Waals surface area contributed by atoms with Crippen molar-refractivity contribution in [1.82, 2.24) is 9.97 Å². The van der Waals surface area contributed by atoms with E-state index in [1.807, 2.05) is 24.4 Å². The molecule has 3 rings (SSSR count). The van der Waals surface area contributed by atoms with E-state index in [1.165, 1.54) is 10.9 Å². The minimum atomic E-state index is 0. The summed E-state index contributed by atoms with van der Waals surface area (Å²) in [7, 11) is 0. The van der Waals surface area contributed by atoms with Gasteiger partial charge < -0.3 is 16.0 Å². The van der Waals surface area contributed by atoms with Crippen LogP contribution in [-0.2, 0) is 0 Å². The summed E-state index contributed by atoms with van der Waals surface area (Å²) in [6.07, 6.45) is 5.44. The lowest BCUT2D eigenvalue weighted by atomic mass is 10.1. The molecule has 21 heavy (non-hydrogen) atoms. The maximum atomic E-state index is 5.90. The number of fused-ring (bicyclic) bond motifs is 1. The first kappa shape index (κ1) is 17.1. The minimum absolute atomic E-state index is 0. The molecule has 3 aromatic rings. The number of hydrogen-bond donors (Lipinski definition) is 3. The van der Waals surface area contributed by atoms with Gasteiger partial charge in [-0.3, -0.25) is 4.98 Å². The van der Waals surface area contributed by atoms with Crippen LogP contribution in [0.3, 0.4) is 0 Å². The van der Waals surface area contributed by atoms with Crippen LogP contribution in [0.4, 0.5) is 11.4 Å². The summed E-state index contributed by atoms with van der Waals surface area (Å²) in [5.74, 6) is 0. The zero-order valence-corrected chi connectivity index (χ0v) is 13.2. The van der Waals surface area contributed by atoms with Crippen LogP contribution in [0.5, 0.6) is 0 Å². The first-order chi connectivity index (χ1) is 9.25. The third-order valence-electron chi connectivity index (χ3n) is 3.31. The zero-order chi connectivity index (χ0) is 13.2. The van der Waals surface area contributed by atoms with Crippen molar-refractivity contribution in [2.45, 2.75) is 13.0 Å².